The molecule has 166 valence electrons. The summed E-state index contributed by atoms with van der Waals surface area (Å²) in [6.45, 7) is 6.72. The van der Waals surface area contributed by atoms with Crippen LogP contribution in [0.4, 0.5) is 0 Å². The van der Waals surface area contributed by atoms with E-state index in [4.69, 9.17) is 5.11 Å². The van der Waals surface area contributed by atoms with Crippen molar-refractivity contribution in [3.8, 4) is 0 Å². The minimum atomic E-state index is -0.748. The summed E-state index contributed by atoms with van der Waals surface area (Å²) >= 11 is 0. The van der Waals surface area contributed by atoms with Gasteiger partial charge in [-0.15, -0.1) is 0 Å². The number of carboxylic acid groups (broad SMARTS) is 1. The van der Waals surface area contributed by atoms with Crippen LogP contribution in [0.3, 0.4) is 0 Å². The maximum atomic E-state index is 11.5. The van der Waals surface area contributed by atoms with Gasteiger partial charge in [-0.2, -0.15) is 0 Å². The normalized spacial score (nSPS) is 52.9. The molecule has 0 heterocycles. The summed E-state index contributed by atoms with van der Waals surface area (Å²) in [5.74, 6) is 0.997. The van der Waals surface area contributed by atoms with E-state index in [9.17, 15) is 20.1 Å². The highest BCUT2D eigenvalue weighted by Gasteiger charge is 2.65. The molecule has 4 aliphatic rings. The van der Waals surface area contributed by atoms with Gasteiger partial charge in [0, 0.05) is 6.42 Å². The Morgan fingerprint density at radius 1 is 1.03 bits per heavy atom. The van der Waals surface area contributed by atoms with E-state index < -0.39 is 12.1 Å². The minimum Gasteiger partial charge on any atom is -0.481 e. The Kier molecular flexibility index (Phi) is 5.57. The fraction of sp³-hybridized carbons (Fsp3) is 0.958. The molecule has 0 radical (unpaired) electrons. The van der Waals surface area contributed by atoms with Gasteiger partial charge in [0.05, 0.1) is 18.3 Å². The molecule has 5 heteroatoms. The van der Waals surface area contributed by atoms with Crippen molar-refractivity contribution in [2.24, 2.45) is 46.3 Å². The Labute approximate surface area is 174 Å². The van der Waals surface area contributed by atoms with E-state index in [0.717, 1.165) is 44.9 Å². The number of aliphatic hydroxyl groups excluding tert-OH is 3. The summed E-state index contributed by atoms with van der Waals surface area (Å²) in [4.78, 5) is 11.1. The van der Waals surface area contributed by atoms with Crippen molar-refractivity contribution in [3.63, 3.8) is 0 Å². The summed E-state index contributed by atoms with van der Waals surface area (Å²) in [6.07, 6.45) is 6.00. The van der Waals surface area contributed by atoms with Crippen molar-refractivity contribution < 1.29 is 25.2 Å². The number of aliphatic carboxylic acids is 1. The molecule has 0 aliphatic heterocycles. The second kappa shape index (κ2) is 7.49. The van der Waals surface area contributed by atoms with E-state index in [2.05, 4.69) is 20.8 Å². The molecule has 11 atom stereocenters. The Morgan fingerprint density at radius 3 is 2.45 bits per heavy atom. The van der Waals surface area contributed by atoms with Gasteiger partial charge in [0.25, 0.3) is 0 Å². The molecule has 0 aromatic rings. The quantitative estimate of drug-likeness (QED) is 0.571. The van der Waals surface area contributed by atoms with Crippen molar-refractivity contribution in [1.29, 1.82) is 0 Å². The van der Waals surface area contributed by atoms with Crippen LogP contribution in [0.15, 0.2) is 0 Å². The van der Waals surface area contributed by atoms with Crippen molar-refractivity contribution in [1.82, 2.24) is 0 Å². The first kappa shape index (κ1) is 21.6. The number of carboxylic acids is 1. The van der Waals surface area contributed by atoms with Crippen molar-refractivity contribution in [2.75, 3.05) is 0 Å². The van der Waals surface area contributed by atoms with Crippen LogP contribution in [0.25, 0.3) is 0 Å². The van der Waals surface area contributed by atoms with Crippen LogP contribution in [-0.4, -0.2) is 44.7 Å². The first-order chi connectivity index (χ1) is 13.6. The third kappa shape index (κ3) is 3.27. The monoisotopic (exact) mass is 408 g/mol. The molecule has 7 unspecified atom stereocenters. The summed E-state index contributed by atoms with van der Waals surface area (Å²) in [7, 11) is 0. The number of fused-ring (bicyclic) bond motifs is 5. The van der Waals surface area contributed by atoms with Crippen molar-refractivity contribution in [2.45, 2.75) is 96.9 Å². The highest BCUT2D eigenvalue weighted by molar-refractivity contribution is 5.66. The maximum Gasteiger partial charge on any atom is 0.303 e. The summed E-state index contributed by atoms with van der Waals surface area (Å²) < 4.78 is 0. The van der Waals surface area contributed by atoms with E-state index >= 15 is 0 Å². The molecule has 0 aromatic heterocycles. The third-order valence-electron chi connectivity index (χ3n) is 10.3. The van der Waals surface area contributed by atoms with Crippen LogP contribution in [0, 0.1) is 46.3 Å². The maximum absolute atomic E-state index is 11.5. The van der Waals surface area contributed by atoms with E-state index in [1.807, 2.05) is 0 Å². The lowest BCUT2D eigenvalue weighted by Crippen LogP contribution is -2.62. The fourth-order valence-electron chi connectivity index (χ4n) is 8.68. The molecule has 4 saturated carbocycles. The van der Waals surface area contributed by atoms with Crippen LogP contribution in [0.1, 0.15) is 78.6 Å². The van der Waals surface area contributed by atoms with Crippen LogP contribution < -0.4 is 0 Å². The molecule has 0 amide bonds. The molecule has 0 aromatic carbocycles. The SMILES string of the molecule is CC(CCC(=O)O)C1CCC2C3C(C[C@H](O)C12C)C1(C)CC[C@@H](O)C[C@H]1C[C@H]3O. The number of aliphatic hydroxyl groups is 3. The summed E-state index contributed by atoms with van der Waals surface area (Å²) in [5, 5.41) is 42.0. The Hall–Kier alpha value is -0.650. The van der Waals surface area contributed by atoms with E-state index in [1.54, 1.807) is 0 Å². The van der Waals surface area contributed by atoms with Crippen molar-refractivity contribution >= 4 is 5.97 Å². The first-order valence-electron chi connectivity index (χ1n) is 11.8. The van der Waals surface area contributed by atoms with E-state index in [1.165, 1.54) is 0 Å². The average Bonchev–Trinajstić information content (AvgIpc) is 3.01. The molecule has 0 bridgehead atoms. The van der Waals surface area contributed by atoms with Crippen molar-refractivity contribution in [3.05, 3.63) is 0 Å². The van der Waals surface area contributed by atoms with Gasteiger partial charge in [0.2, 0.25) is 0 Å². The summed E-state index contributed by atoms with van der Waals surface area (Å²) in [5.41, 5.74) is -0.143. The summed E-state index contributed by atoms with van der Waals surface area (Å²) in [6, 6.07) is 0. The van der Waals surface area contributed by atoms with Gasteiger partial charge in [-0.1, -0.05) is 20.8 Å². The topological polar surface area (TPSA) is 98.0 Å². The van der Waals surface area contributed by atoms with Crippen LogP contribution in [-0.2, 0) is 4.79 Å². The van der Waals surface area contributed by atoms with Crippen LogP contribution >= 0.6 is 0 Å². The highest BCUT2D eigenvalue weighted by Crippen LogP contribution is 2.68. The molecular formula is C24H40O5. The van der Waals surface area contributed by atoms with Gasteiger partial charge in [-0.05, 0) is 97.7 Å². The van der Waals surface area contributed by atoms with Gasteiger partial charge in [-0.3, -0.25) is 4.79 Å². The molecule has 4 aliphatic carbocycles. The minimum absolute atomic E-state index is 0.0957. The first-order valence-corrected chi connectivity index (χ1v) is 11.8. The van der Waals surface area contributed by atoms with Crippen LogP contribution in [0.5, 0.6) is 0 Å². The zero-order chi connectivity index (χ0) is 21.1. The fourth-order valence-corrected chi connectivity index (χ4v) is 8.68. The largest absolute Gasteiger partial charge is 0.481 e. The molecule has 29 heavy (non-hydrogen) atoms. The van der Waals surface area contributed by atoms with Gasteiger partial charge < -0.3 is 20.4 Å². The standard InChI is InChI=1S/C24H40O5/c1-13(4-7-21(28)29)16-5-6-17-22-18(12-20(27)24(16,17)3)23(2)9-8-15(25)10-14(23)11-19(22)26/h13-20,22,25-27H,4-12H2,1-3H3,(H,28,29)/t13?,14-,15+,16?,17?,18?,19+,20-,22?,23?,24?/m0/s1. The molecule has 5 nitrogen and oxygen atoms in total. The second-order valence-corrected chi connectivity index (χ2v) is 11.4. The average molecular weight is 409 g/mol. The predicted octanol–water partition coefficient (Wildman–Crippen LogP) is 3.45. The Bertz CT molecular complexity index is 637. The highest BCUT2D eigenvalue weighted by atomic mass is 16.4. The number of hydrogen-bond donors (Lipinski definition) is 4. The van der Waals surface area contributed by atoms with Gasteiger partial charge >= 0.3 is 5.97 Å². The lowest BCUT2D eigenvalue weighted by Gasteiger charge is -2.63. The molecular weight excluding hydrogens is 368 g/mol. The molecule has 4 N–H and O–H groups in total. The molecule has 0 spiro atoms. The number of hydrogen-bond acceptors (Lipinski definition) is 4. The molecule has 4 fully saturated rings. The predicted molar refractivity (Wildman–Crippen MR) is 110 cm³/mol. The molecule has 4 rings (SSSR count). The lowest BCUT2D eigenvalue weighted by atomic mass is 9.43. The third-order valence-corrected chi connectivity index (χ3v) is 10.3. The Morgan fingerprint density at radius 2 is 1.76 bits per heavy atom. The molecule has 0 saturated heterocycles. The number of carbonyl (C=O) groups is 1. The number of rotatable bonds is 4. The zero-order valence-electron chi connectivity index (χ0n) is 18.3. The zero-order valence-corrected chi connectivity index (χ0v) is 18.3. The Balaban J connectivity index is 1.61. The second-order valence-electron chi connectivity index (χ2n) is 11.4. The smallest absolute Gasteiger partial charge is 0.303 e. The van der Waals surface area contributed by atoms with E-state index in [0.29, 0.717) is 30.1 Å². The van der Waals surface area contributed by atoms with Crippen LogP contribution in [0.2, 0.25) is 0 Å². The van der Waals surface area contributed by atoms with Gasteiger partial charge in [0.15, 0.2) is 0 Å². The van der Waals surface area contributed by atoms with Gasteiger partial charge in [-0.25, -0.2) is 0 Å². The van der Waals surface area contributed by atoms with E-state index in [-0.39, 0.29) is 41.3 Å². The lowest BCUT2D eigenvalue weighted by molar-refractivity contribution is -0.207. The van der Waals surface area contributed by atoms with Gasteiger partial charge in [0.1, 0.15) is 0 Å².